The average Bonchev–Trinajstić information content (AvgIpc) is 3.01. The molecule has 2 aromatic carbocycles. The fraction of sp³-hybridized carbons (Fsp3) is 0.259. The van der Waals surface area contributed by atoms with E-state index >= 15 is 0 Å². The van der Waals surface area contributed by atoms with Crippen molar-refractivity contribution >= 4 is 34.9 Å². The van der Waals surface area contributed by atoms with E-state index in [0.717, 1.165) is 21.8 Å². The lowest BCUT2D eigenvalue weighted by Crippen LogP contribution is -2.44. The number of carbonyl (C=O) groups is 2. The highest BCUT2D eigenvalue weighted by Gasteiger charge is 2.51. The van der Waals surface area contributed by atoms with Crippen molar-refractivity contribution in [1.82, 2.24) is 4.90 Å². The zero-order chi connectivity index (χ0) is 25.2. The lowest BCUT2D eigenvalue weighted by Gasteiger charge is -2.27. The molecule has 178 valence electrons. The molecular formula is C27H26ClN4O3+. The van der Waals surface area contributed by atoms with Gasteiger partial charge in [0, 0.05) is 23.7 Å². The minimum atomic E-state index is -1.00. The summed E-state index contributed by atoms with van der Waals surface area (Å²) in [7, 11) is 1.98. The van der Waals surface area contributed by atoms with Crippen LogP contribution in [0.5, 0.6) is 5.75 Å². The molecule has 0 saturated carbocycles. The van der Waals surface area contributed by atoms with Crippen LogP contribution >= 0.6 is 11.6 Å². The molecule has 0 unspecified atom stereocenters. The van der Waals surface area contributed by atoms with Crippen LogP contribution in [0.2, 0.25) is 5.02 Å². The van der Waals surface area contributed by atoms with E-state index in [0.29, 0.717) is 25.3 Å². The molecule has 1 saturated heterocycles. The summed E-state index contributed by atoms with van der Waals surface area (Å²) in [5.74, 6) is 0.412. The van der Waals surface area contributed by atoms with Gasteiger partial charge in [0.05, 0.1) is 18.9 Å². The standard InChI is InChI=1S/C27H26ClN4O3/c1-27(2)25(33)32(21-8-11-24(29-3)23(28)18-21)26(34)31(27)14-5-17-35-22-9-6-19(7-10-22)20-12-15-30(4)16-13-20/h6-13,15-16,18H,5,14,17H2,1-2,4H3/q+1. The molecule has 2 heterocycles. The molecule has 3 aromatic rings. The Bertz CT molecular complexity index is 1300. The Morgan fingerprint density at radius 3 is 2.31 bits per heavy atom. The van der Waals surface area contributed by atoms with Gasteiger partial charge >= 0.3 is 6.03 Å². The molecule has 0 radical (unpaired) electrons. The fourth-order valence-electron chi connectivity index (χ4n) is 4.01. The van der Waals surface area contributed by atoms with Gasteiger partial charge in [0.15, 0.2) is 12.4 Å². The zero-order valence-electron chi connectivity index (χ0n) is 19.9. The maximum absolute atomic E-state index is 13.1. The second-order valence-corrected chi connectivity index (χ2v) is 9.27. The predicted octanol–water partition coefficient (Wildman–Crippen LogP) is 5.40. The third-order valence-corrected chi connectivity index (χ3v) is 6.40. The van der Waals surface area contributed by atoms with Gasteiger partial charge in [-0.05, 0) is 55.7 Å². The van der Waals surface area contributed by atoms with Crippen molar-refractivity contribution in [3.05, 3.63) is 83.4 Å². The second kappa shape index (κ2) is 9.77. The number of urea groups is 1. The summed E-state index contributed by atoms with van der Waals surface area (Å²) in [6.45, 7) is 11.3. The van der Waals surface area contributed by atoms with Crippen LogP contribution in [0.1, 0.15) is 20.3 Å². The summed E-state index contributed by atoms with van der Waals surface area (Å²) < 4.78 is 7.86. The van der Waals surface area contributed by atoms with Gasteiger partial charge < -0.3 is 9.64 Å². The van der Waals surface area contributed by atoms with Crippen LogP contribution in [0.4, 0.5) is 16.2 Å². The number of hydrogen-bond acceptors (Lipinski definition) is 3. The monoisotopic (exact) mass is 489 g/mol. The predicted molar refractivity (Wildman–Crippen MR) is 135 cm³/mol. The van der Waals surface area contributed by atoms with Crippen molar-refractivity contribution in [2.45, 2.75) is 25.8 Å². The summed E-state index contributed by atoms with van der Waals surface area (Å²) in [6, 6.07) is 16.1. The number of imide groups is 1. The number of pyridine rings is 1. The lowest BCUT2D eigenvalue weighted by atomic mass is 10.0. The number of amides is 3. The van der Waals surface area contributed by atoms with Crippen molar-refractivity contribution in [1.29, 1.82) is 0 Å². The van der Waals surface area contributed by atoms with Crippen LogP contribution in [-0.2, 0) is 11.8 Å². The van der Waals surface area contributed by atoms with Gasteiger partial charge in [-0.25, -0.2) is 19.1 Å². The summed E-state index contributed by atoms with van der Waals surface area (Å²) in [5, 5.41) is 0.204. The molecule has 3 amide bonds. The molecule has 0 N–H and O–H groups in total. The lowest BCUT2D eigenvalue weighted by molar-refractivity contribution is -0.671. The maximum Gasteiger partial charge on any atom is 0.332 e. The van der Waals surface area contributed by atoms with Crippen LogP contribution in [0.15, 0.2) is 67.0 Å². The Morgan fingerprint density at radius 1 is 1.03 bits per heavy atom. The van der Waals surface area contributed by atoms with E-state index < -0.39 is 11.6 Å². The number of carbonyl (C=O) groups excluding carboxylic acids is 2. The maximum atomic E-state index is 13.1. The largest absolute Gasteiger partial charge is 0.494 e. The van der Waals surface area contributed by atoms with Gasteiger partial charge in [-0.2, -0.15) is 0 Å². The number of hydrogen-bond donors (Lipinski definition) is 0. The molecule has 4 rings (SSSR count). The van der Waals surface area contributed by atoms with Crippen LogP contribution in [0.3, 0.4) is 0 Å². The molecule has 35 heavy (non-hydrogen) atoms. The summed E-state index contributed by atoms with van der Waals surface area (Å²) in [4.78, 5) is 32.2. The number of anilines is 1. The molecule has 0 spiro atoms. The van der Waals surface area contributed by atoms with E-state index in [1.807, 2.05) is 48.3 Å². The zero-order valence-corrected chi connectivity index (χ0v) is 20.6. The Labute approximate surface area is 209 Å². The van der Waals surface area contributed by atoms with E-state index in [9.17, 15) is 9.59 Å². The van der Waals surface area contributed by atoms with Gasteiger partial charge in [0.1, 0.15) is 18.3 Å². The molecule has 1 aliphatic rings. The SMILES string of the molecule is [C-]#[N+]c1ccc(N2C(=O)N(CCCOc3ccc(-c4cc[n+](C)cc4)cc3)C(C)(C)C2=O)cc1Cl. The van der Waals surface area contributed by atoms with E-state index in [1.54, 1.807) is 24.8 Å². The van der Waals surface area contributed by atoms with Crippen LogP contribution < -0.4 is 14.2 Å². The number of ether oxygens (including phenoxy) is 1. The topological polar surface area (TPSA) is 58.1 Å². The second-order valence-electron chi connectivity index (χ2n) is 8.86. The van der Waals surface area contributed by atoms with Crippen molar-refractivity contribution in [3.8, 4) is 16.9 Å². The van der Waals surface area contributed by atoms with Crippen LogP contribution in [-0.4, -0.2) is 35.5 Å². The van der Waals surface area contributed by atoms with E-state index in [-0.39, 0.29) is 16.6 Å². The number of rotatable bonds is 7. The summed E-state index contributed by atoms with van der Waals surface area (Å²) >= 11 is 6.13. The number of nitrogens with zero attached hydrogens (tertiary/aromatic N) is 4. The summed E-state index contributed by atoms with van der Waals surface area (Å²) in [5.41, 5.74) is 1.86. The van der Waals surface area contributed by atoms with Crippen LogP contribution in [0.25, 0.3) is 16.0 Å². The number of aromatic nitrogens is 1. The Morgan fingerprint density at radius 2 is 1.69 bits per heavy atom. The highest BCUT2D eigenvalue weighted by Crippen LogP contribution is 2.36. The van der Waals surface area contributed by atoms with Crippen molar-refractivity contribution in [2.75, 3.05) is 18.1 Å². The Kier molecular flexibility index (Phi) is 6.77. The van der Waals surface area contributed by atoms with E-state index in [1.165, 1.54) is 12.1 Å². The first-order chi connectivity index (χ1) is 16.7. The molecule has 0 bridgehead atoms. The fourth-order valence-corrected chi connectivity index (χ4v) is 4.23. The number of benzene rings is 2. The van der Waals surface area contributed by atoms with E-state index in [4.69, 9.17) is 22.9 Å². The highest BCUT2D eigenvalue weighted by molar-refractivity contribution is 6.34. The van der Waals surface area contributed by atoms with Gasteiger partial charge in [-0.15, -0.1) is 0 Å². The Balaban J connectivity index is 1.36. The van der Waals surface area contributed by atoms with Gasteiger partial charge in [-0.3, -0.25) is 4.79 Å². The van der Waals surface area contributed by atoms with Crippen LogP contribution in [0, 0.1) is 6.57 Å². The number of halogens is 1. The molecular weight excluding hydrogens is 464 g/mol. The molecule has 0 atom stereocenters. The van der Waals surface area contributed by atoms with Gasteiger partial charge in [0.25, 0.3) is 5.91 Å². The molecule has 1 aliphatic heterocycles. The average molecular weight is 490 g/mol. The summed E-state index contributed by atoms with van der Waals surface area (Å²) in [6.07, 6.45) is 4.57. The molecule has 0 aliphatic carbocycles. The minimum absolute atomic E-state index is 0.204. The first-order valence-electron chi connectivity index (χ1n) is 11.2. The first-order valence-corrected chi connectivity index (χ1v) is 11.6. The van der Waals surface area contributed by atoms with Crippen molar-refractivity contribution < 1.29 is 18.9 Å². The normalized spacial score (nSPS) is 14.8. The van der Waals surface area contributed by atoms with Crippen molar-refractivity contribution in [3.63, 3.8) is 0 Å². The van der Waals surface area contributed by atoms with Gasteiger partial charge in [0.2, 0.25) is 5.69 Å². The van der Waals surface area contributed by atoms with E-state index in [2.05, 4.69) is 17.0 Å². The quantitative estimate of drug-likeness (QED) is 0.193. The third kappa shape index (κ3) is 4.84. The smallest absolute Gasteiger partial charge is 0.332 e. The van der Waals surface area contributed by atoms with Crippen molar-refractivity contribution in [2.24, 2.45) is 7.05 Å². The highest BCUT2D eigenvalue weighted by atomic mass is 35.5. The molecule has 1 aromatic heterocycles. The molecule has 7 nitrogen and oxygen atoms in total. The Hall–Kier alpha value is -3.89. The number of aryl methyl sites for hydroxylation is 1. The first kappa shape index (κ1) is 24.2. The molecule has 8 heteroatoms. The van der Waals surface area contributed by atoms with Gasteiger partial charge in [-0.1, -0.05) is 29.8 Å². The third-order valence-electron chi connectivity index (χ3n) is 6.09. The molecule has 1 fully saturated rings. The minimum Gasteiger partial charge on any atom is -0.494 e.